The van der Waals surface area contributed by atoms with E-state index in [1.807, 2.05) is 0 Å². The van der Waals surface area contributed by atoms with Crippen LogP contribution in [-0.4, -0.2) is 23.9 Å². The van der Waals surface area contributed by atoms with Gasteiger partial charge in [-0.25, -0.2) is 0 Å². The second kappa shape index (κ2) is 3.40. The van der Waals surface area contributed by atoms with Crippen molar-refractivity contribution in [1.82, 2.24) is 4.90 Å². The summed E-state index contributed by atoms with van der Waals surface area (Å²) in [6.45, 7) is 3.55. The number of amides is 1. The summed E-state index contributed by atoms with van der Waals surface area (Å²) in [6.07, 6.45) is 0. The third kappa shape index (κ3) is 2.54. The lowest BCUT2D eigenvalue weighted by atomic mass is 10.7. The highest BCUT2D eigenvalue weighted by molar-refractivity contribution is 5.75. The molecule has 4 nitrogen and oxygen atoms in total. The fourth-order valence-electron chi connectivity index (χ4n) is 0.365. The summed E-state index contributed by atoms with van der Waals surface area (Å²) in [5.41, 5.74) is 0. The van der Waals surface area contributed by atoms with Gasteiger partial charge >= 0.3 is 0 Å². The maximum absolute atomic E-state index is 10.1. The predicted molar refractivity (Wildman–Crippen MR) is 30.6 cm³/mol. The van der Waals surface area contributed by atoms with Crippen LogP contribution in [0.2, 0.25) is 0 Å². The van der Waals surface area contributed by atoms with Gasteiger partial charge in [0, 0.05) is 20.0 Å². The quantitative estimate of drug-likeness (QED) is 0.234. The Morgan fingerprint density at radius 1 is 1.50 bits per heavy atom. The van der Waals surface area contributed by atoms with Crippen LogP contribution in [0.1, 0.15) is 6.92 Å². The minimum Gasteiger partial charge on any atom is -0.339 e. The Hall–Kier alpha value is -0.610. The first-order chi connectivity index (χ1) is 3.80. The van der Waals surface area contributed by atoms with Crippen LogP contribution in [0, 0.1) is 0 Å². The lowest BCUT2D eigenvalue weighted by Crippen LogP contribution is -2.02. The molecular weight excluding hydrogens is 106 g/mol. The number of rotatable bonds is 0. The molecule has 1 fully saturated rings. The van der Waals surface area contributed by atoms with Crippen molar-refractivity contribution in [2.75, 3.05) is 13.1 Å². The van der Waals surface area contributed by atoms with E-state index < -0.39 is 0 Å². The first-order valence-electron chi connectivity index (χ1n) is 2.39. The molecule has 1 aliphatic rings. The molecule has 0 radical (unpaired) electrons. The molecule has 0 spiro atoms. The summed E-state index contributed by atoms with van der Waals surface area (Å²) in [5.74, 6) is 8.20. The number of hydrogen-bond acceptors (Lipinski definition) is 3. The van der Waals surface area contributed by atoms with Crippen LogP contribution in [0.4, 0.5) is 0 Å². The second-order valence-corrected chi connectivity index (χ2v) is 1.51. The van der Waals surface area contributed by atoms with Gasteiger partial charge in [0.25, 0.3) is 0 Å². The summed E-state index contributed by atoms with van der Waals surface area (Å²) >= 11 is 0. The van der Waals surface area contributed by atoms with Gasteiger partial charge in [-0.3, -0.25) is 16.5 Å². The summed E-state index contributed by atoms with van der Waals surface area (Å²) in [6, 6.07) is 0. The topological polar surface area (TPSA) is 72.1 Å². The van der Waals surface area contributed by atoms with Crippen molar-refractivity contribution in [2.24, 2.45) is 11.7 Å². The zero-order valence-electron chi connectivity index (χ0n) is 4.92. The fraction of sp³-hybridized carbons (Fsp3) is 0.750. The summed E-state index contributed by atoms with van der Waals surface area (Å²) in [5, 5.41) is 0. The molecule has 4 heteroatoms. The van der Waals surface area contributed by atoms with E-state index in [-0.39, 0.29) is 5.91 Å². The molecule has 0 aliphatic carbocycles. The Labute approximate surface area is 48.4 Å². The molecule has 0 unspecified atom stereocenters. The molecule has 0 aromatic rings. The minimum absolute atomic E-state index is 0.204. The Morgan fingerprint density at radius 2 is 1.88 bits per heavy atom. The molecule has 1 aliphatic heterocycles. The molecule has 1 heterocycles. The third-order valence-electron chi connectivity index (χ3n) is 0.893. The molecule has 1 saturated heterocycles. The molecule has 0 aromatic carbocycles. The van der Waals surface area contributed by atoms with Crippen molar-refractivity contribution in [3.63, 3.8) is 0 Å². The van der Waals surface area contributed by atoms with Gasteiger partial charge in [-0.15, -0.1) is 0 Å². The summed E-state index contributed by atoms with van der Waals surface area (Å²) < 4.78 is 0. The molecule has 1 rings (SSSR count). The van der Waals surface area contributed by atoms with E-state index >= 15 is 0 Å². The standard InChI is InChI=1S/C4H7NO.H4N2/c1-4(6)5-2-3-5;1-2/h2-3H2,1H3;1-2H2. The smallest absolute Gasteiger partial charge is 0.219 e. The van der Waals surface area contributed by atoms with Crippen LogP contribution in [0.15, 0.2) is 0 Å². The highest BCUT2D eigenvalue weighted by Crippen LogP contribution is 2.00. The number of nitrogens with zero attached hydrogens (tertiary/aromatic N) is 1. The zero-order valence-corrected chi connectivity index (χ0v) is 4.92. The van der Waals surface area contributed by atoms with Crippen LogP contribution in [0.3, 0.4) is 0 Å². The fourth-order valence-corrected chi connectivity index (χ4v) is 0.365. The van der Waals surface area contributed by atoms with Crippen molar-refractivity contribution < 1.29 is 4.79 Å². The van der Waals surface area contributed by atoms with Gasteiger partial charge in [0.2, 0.25) is 5.91 Å². The number of hydrogen-bond donors (Lipinski definition) is 2. The van der Waals surface area contributed by atoms with Crippen LogP contribution < -0.4 is 11.7 Å². The van der Waals surface area contributed by atoms with E-state index in [2.05, 4.69) is 11.7 Å². The van der Waals surface area contributed by atoms with Gasteiger partial charge in [-0.05, 0) is 0 Å². The molecule has 1 amide bonds. The summed E-state index contributed by atoms with van der Waals surface area (Å²) in [4.78, 5) is 11.9. The van der Waals surface area contributed by atoms with Crippen molar-refractivity contribution in [3.8, 4) is 0 Å². The van der Waals surface area contributed by atoms with E-state index in [9.17, 15) is 4.79 Å². The average Bonchev–Trinajstić information content (AvgIpc) is 2.50. The second-order valence-electron chi connectivity index (χ2n) is 1.51. The van der Waals surface area contributed by atoms with Gasteiger partial charge < -0.3 is 4.90 Å². The first-order valence-corrected chi connectivity index (χ1v) is 2.39. The van der Waals surface area contributed by atoms with Crippen molar-refractivity contribution in [3.05, 3.63) is 0 Å². The molecule has 0 saturated carbocycles. The van der Waals surface area contributed by atoms with Crippen LogP contribution in [0.25, 0.3) is 0 Å². The van der Waals surface area contributed by atoms with E-state index in [0.717, 1.165) is 13.1 Å². The highest BCUT2D eigenvalue weighted by Gasteiger charge is 2.18. The maximum Gasteiger partial charge on any atom is 0.219 e. The largest absolute Gasteiger partial charge is 0.339 e. The van der Waals surface area contributed by atoms with Gasteiger partial charge in [0.05, 0.1) is 0 Å². The molecular formula is C4H11N3O. The molecule has 48 valence electrons. The maximum atomic E-state index is 10.1. The monoisotopic (exact) mass is 117 g/mol. The van der Waals surface area contributed by atoms with Crippen LogP contribution >= 0.6 is 0 Å². The molecule has 8 heavy (non-hydrogen) atoms. The van der Waals surface area contributed by atoms with Gasteiger partial charge in [-0.1, -0.05) is 0 Å². The zero-order chi connectivity index (χ0) is 6.57. The van der Waals surface area contributed by atoms with Crippen LogP contribution in [-0.2, 0) is 4.79 Å². The molecule has 4 N–H and O–H groups in total. The molecule has 0 atom stereocenters. The van der Waals surface area contributed by atoms with Gasteiger partial charge in [0.15, 0.2) is 0 Å². The van der Waals surface area contributed by atoms with E-state index in [4.69, 9.17) is 0 Å². The van der Waals surface area contributed by atoms with Crippen molar-refractivity contribution in [2.45, 2.75) is 6.92 Å². The minimum atomic E-state index is 0.204. The van der Waals surface area contributed by atoms with Crippen LogP contribution in [0.5, 0.6) is 0 Å². The number of nitrogens with two attached hydrogens (primary N) is 2. The van der Waals surface area contributed by atoms with E-state index in [0.29, 0.717) is 0 Å². The molecule has 0 bridgehead atoms. The number of carbonyl (C=O) groups excluding carboxylic acids is 1. The lowest BCUT2D eigenvalue weighted by Gasteiger charge is -1.85. The Kier molecular flexibility index (Phi) is 3.14. The lowest BCUT2D eigenvalue weighted by molar-refractivity contribution is -0.123. The predicted octanol–water partition coefficient (Wildman–Crippen LogP) is -1.33. The Morgan fingerprint density at radius 3 is 1.88 bits per heavy atom. The average molecular weight is 117 g/mol. The van der Waals surface area contributed by atoms with E-state index in [1.54, 1.807) is 11.8 Å². The Balaban J connectivity index is 0.000000222. The summed E-state index contributed by atoms with van der Waals surface area (Å²) in [7, 11) is 0. The third-order valence-corrected chi connectivity index (χ3v) is 0.893. The number of hydrazine groups is 1. The molecule has 0 aromatic heterocycles. The highest BCUT2D eigenvalue weighted by atomic mass is 16.2. The van der Waals surface area contributed by atoms with Crippen molar-refractivity contribution in [1.29, 1.82) is 0 Å². The van der Waals surface area contributed by atoms with Gasteiger partial charge in [0.1, 0.15) is 0 Å². The normalized spacial score (nSPS) is 14.1. The SMILES string of the molecule is CC(=O)N1CC1.NN. The van der Waals surface area contributed by atoms with E-state index in [1.165, 1.54) is 0 Å². The Bertz CT molecular complexity index is 79.4. The number of carbonyl (C=O) groups is 1. The van der Waals surface area contributed by atoms with Gasteiger partial charge in [-0.2, -0.15) is 0 Å². The first kappa shape index (κ1) is 7.39. The van der Waals surface area contributed by atoms with Crippen molar-refractivity contribution >= 4 is 5.91 Å².